The second-order valence-corrected chi connectivity index (χ2v) is 5.52. The minimum Gasteiger partial charge on any atom is -0.354 e. The maximum absolute atomic E-state index is 13.2. The van der Waals surface area contributed by atoms with E-state index in [1.807, 2.05) is 0 Å². The Morgan fingerprint density at radius 3 is 2.44 bits per heavy atom. The van der Waals surface area contributed by atoms with Gasteiger partial charge in [0, 0.05) is 6.54 Å². The number of hydrogen-bond donors (Lipinski definition) is 1. The fraction of sp³-hybridized carbons (Fsp3) is 0.278. The summed E-state index contributed by atoms with van der Waals surface area (Å²) in [5.74, 6) is -1.07. The smallest absolute Gasteiger partial charge is 0.354 e. The molecule has 0 aliphatic heterocycles. The molecule has 2 aromatic carbocycles. The first-order valence-corrected chi connectivity index (χ1v) is 7.52. The molecular weight excluding hydrogens is 338 g/mol. The number of benzene rings is 2. The molecule has 0 spiro atoms. The van der Waals surface area contributed by atoms with Crippen LogP contribution in [-0.2, 0) is 16.1 Å². The van der Waals surface area contributed by atoms with E-state index in [0.717, 1.165) is 0 Å². The van der Waals surface area contributed by atoms with Gasteiger partial charge in [-0.1, -0.05) is 42.5 Å². The maximum Gasteiger partial charge on any atom is 0.411 e. The van der Waals surface area contributed by atoms with Crippen molar-refractivity contribution in [1.82, 2.24) is 5.32 Å². The molecule has 0 aliphatic carbocycles. The Labute approximate surface area is 142 Å². The van der Waals surface area contributed by atoms with Gasteiger partial charge in [-0.05, 0) is 29.7 Å². The first-order valence-electron chi connectivity index (χ1n) is 7.52. The predicted octanol–water partition coefficient (Wildman–Crippen LogP) is 4.07. The van der Waals surface area contributed by atoms with Gasteiger partial charge in [0.05, 0.1) is 0 Å². The molecule has 2 aromatic rings. The molecule has 2 rings (SSSR count). The molecule has 1 N–H and O–H groups in total. The highest BCUT2D eigenvalue weighted by molar-refractivity contribution is 5.82. The molecule has 0 radical (unpaired) electrons. The van der Waals surface area contributed by atoms with Gasteiger partial charge in [-0.25, -0.2) is 4.39 Å². The zero-order chi connectivity index (χ0) is 18.4. The fourth-order valence-corrected chi connectivity index (χ4v) is 2.23. The number of carbonyl (C=O) groups excluding carboxylic acids is 1. The van der Waals surface area contributed by atoms with Crippen molar-refractivity contribution in [3.8, 4) is 0 Å². The highest BCUT2D eigenvalue weighted by atomic mass is 19.4. The van der Waals surface area contributed by atoms with E-state index in [9.17, 15) is 22.4 Å². The number of carbonyl (C=O) groups is 1. The summed E-state index contributed by atoms with van der Waals surface area (Å²) in [5, 5.41) is 2.53. The number of aryl methyl sites for hydroxylation is 1. The van der Waals surface area contributed by atoms with Crippen molar-refractivity contribution in [2.75, 3.05) is 6.61 Å². The van der Waals surface area contributed by atoms with Crippen LogP contribution < -0.4 is 5.32 Å². The number of hydrogen-bond acceptors (Lipinski definition) is 2. The van der Waals surface area contributed by atoms with Crippen molar-refractivity contribution in [3.63, 3.8) is 0 Å². The largest absolute Gasteiger partial charge is 0.411 e. The third-order valence-corrected chi connectivity index (χ3v) is 3.44. The lowest BCUT2D eigenvalue weighted by molar-refractivity contribution is -0.188. The Morgan fingerprint density at radius 1 is 1.16 bits per heavy atom. The van der Waals surface area contributed by atoms with Gasteiger partial charge in [0.1, 0.15) is 12.4 Å². The summed E-state index contributed by atoms with van der Waals surface area (Å²) in [7, 11) is 0. The first kappa shape index (κ1) is 18.9. The summed E-state index contributed by atoms with van der Waals surface area (Å²) in [6, 6.07) is 12.3. The Morgan fingerprint density at radius 2 is 1.84 bits per heavy atom. The molecule has 0 aliphatic rings. The number of halogens is 4. The van der Waals surface area contributed by atoms with E-state index in [1.54, 1.807) is 31.2 Å². The molecule has 0 aromatic heterocycles. The van der Waals surface area contributed by atoms with Crippen LogP contribution in [0.4, 0.5) is 17.6 Å². The standard InChI is InChI=1S/C18H17F4NO2/c1-12-9-13(7-8-15(12)19)10-23-17(24)16(25-11-18(20,21)22)14-5-3-2-4-6-14/h2-9,16H,10-11H2,1H3,(H,23,24). The maximum atomic E-state index is 13.2. The van der Waals surface area contributed by atoms with Crippen LogP contribution in [0.15, 0.2) is 48.5 Å². The Balaban J connectivity index is 2.07. The molecule has 134 valence electrons. The molecule has 0 bridgehead atoms. The second kappa shape index (κ2) is 8.11. The molecule has 0 saturated carbocycles. The van der Waals surface area contributed by atoms with Gasteiger partial charge < -0.3 is 10.1 Å². The molecule has 3 nitrogen and oxygen atoms in total. The van der Waals surface area contributed by atoms with Crippen LogP contribution in [0.1, 0.15) is 22.8 Å². The van der Waals surface area contributed by atoms with Gasteiger partial charge in [0.25, 0.3) is 5.91 Å². The monoisotopic (exact) mass is 355 g/mol. The highest BCUT2D eigenvalue weighted by Crippen LogP contribution is 2.23. The molecule has 25 heavy (non-hydrogen) atoms. The average molecular weight is 355 g/mol. The van der Waals surface area contributed by atoms with Crippen LogP contribution in [0.25, 0.3) is 0 Å². The van der Waals surface area contributed by atoms with E-state index >= 15 is 0 Å². The van der Waals surface area contributed by atoms with Gasteiger partial charge >= 0.3 is 6.18 Å². The van der Waals surface area contributed by atoms with E-state index < -0.39 is 24.8 Å². The van der Waals surface area contributed by atoms with Gasteiger partial charge in [-0.15, -0.1) is 0 Å². The van der Waals surface area contributed by atoms with E-state index in [2.05, 4.69) is 5.32 Å². The SMILES string of the molecule is Cc1cc(CNC(=O)C(OCC(F)(F)F)c2ccccc2)ccc1F. The van der Waals surface area contributed by atoms with Crippen molar-refractivity contribution in [2.45, 2.75) is 25.7 Å². The third-order valence-electron chi connectivity index (χ3n) is 3.44. The summed E-state index contributed by atoms with van der Waals surface area (Å²) in [4.78, 5) is 12.3. The van der Waals surface area contributed by atoms with Crippen LogP contribution >= 0.6 is 0 Å². The zero-order valence-electron chi connectivity index (χ0n) is 13.4. The van der Waals surface area contributed by atoms with Gasteiger partial charge in [-0.3, -0.25) is 4.79 Å². The van der Waals surface area contributed by atoms with Crippen LogP contribution in [0.2, 0.25) is 0 Å². The Bertz CT molecular complexity index is 717. The predicted molar refractivity (Wildman–Crippen MR) is 84.2 cm³/mol. The molecule has 0 fully saturated rings. The minimum atomic E-state index is -4.54. The topological polar surface area (TPSA) is 38.3 Å². The third kappa shape index (κ3) is 5.86. The lowest BCUT2D eigenvalue weighted by Gasteiger charge is -2.19. The summed E-state index contributed by atoms with van der Waals surface area (Å²) in [6.07, 6.45) is -5.93. The van der Waals surface area contributed by atoms with Crippen molar-refractivity contribution in [1.29, 1.82) is 0 Å². The van der Waals surface area contributed by atoms with Crippen molar-refractivity contribution < 1.29 is 27.1 Å². The Hall–Kier alpha value is -2.41. The van der Waals surface area contributed by atoms with Gasteiger partial charge in [0.15, 0.2) is 6.10 Å². The van der Waals surface area contributed by atoms with Crippen molar-refractivity contribution in [3.05, 3.63) is 71.0 Å². The van der Waals surface area contributed by atoms with Gasteiger partial charge in [0.2, 0.25) is 0 Å². The summed E-state index contributed by atoms with van der Waals surface area (Å²) in [6.45, 7) is 0.105. The molecule has 0 saturated heterocycles. The number of alkyl halides is 3. The van der Waals surface area contributed by atoms with Crippen LogP contribution in [-0.4, -0.2) is 18.7 Å². The summed E-state index contributed by atoms with van der Waals surface area (Å²) in [5.41, 5.74) is 1.37. The molecule has 0 heterocycles. The van der Waals surface area contributed by atoms with Crippen molar-refractivity contribution >= 4 is 5.91 Å². The Kier molecular flexibility index (Phi) is 6.14. The average Bonchev–Trinajstić information content (AvgIpc) is 2.56. The molecule has 1 atom stereocenters. The normalized spacial score (nSPS) is 12.7. The minimum absolute atomic E-state index is 0.0542. The lowest BCUT2D eigenvalue weighted by Crippen LogP contribution is -2.32. The number of amides is 1. The fourth-order valence-electron chi connectivity index (χ4n) is 2.23. The molecule has 7 heteroatoms. The molecule has 1 unspecified atom stereocenters. The van der Waals surface area contributed by atoms with Crippen LogP contribution in [0, 0.1) is 12.7 Å². The summed E-state index contributed by atoms with van der Waals surface area (Å²) < 4.78 is 55.3. The van der Waals surface area contributed by atoms with Crippen molar-refractivity contribution in [2.24, 2.45) is 0 Å². The lowest BCUT2D eigenvalue weighted by atomic mass is 10.1. The van der Waals surface area contributed by atoms with E-state index in [0.29, 0.717) is 16.7 Å². The van der Waals surface area contributed by atoms with Gasteiger partial charge in [-0.2, -0.15) is 13.2 Å². The number of rotatable bonds is 6. The van der Waals surface area contributed by atoms with E-state index in [4.69, 9.17) is 4.74 Å². The van der Waals surface area contributed by atoms with Crippen LogP contribution in [0.5, 0.6) is 0 Å². The van der Waals surface area contributed by atoms with E-state index in [1.165, 1.54) is 24.3 Å². The molecular formula is C18H17F4NO2. The zero-order valence-corrected chi connectivity index (χ0v) is 13.4. The van der Waals surface area contributed by atoms with E-state index in [-0.39, 0.29) is 12.4 Å². The van der Waals surface area contributed by atoms with Crippen LogP contribution in [0.3, 0.4) is 0 Å². The molecule has 1 amide bonds. The highest BCUT2D eigenvalue weighted by Gasteiger charge is 2.32. The summed E-state index contributed by atoms with van der Waals surface area (Å²) >= 11 is 0. The number of nitrogens with one attached hydrogen (secondary N) is 1. The first-order chi connectivity index (χ1) is 11.8. The number of ether oxygens (including phenoxy) is 1. The quantitative estimate of drug-likeness (QED) is 0.794. The second-order valence-electron chi connectivity index (χ2n) is 5.52.